The lowest BCUT2D eigenvalue weighted by Gasteiger charge is -2.26. The molecule has 2 aromatic rings. The van der Waals surface area contributed by atoms with Gasteiger partial charge in [-0.25, -0.2) is 9.59 Å². The van der Waals surface area contributed by atoms with E-state index in [-0.39, 0.29) is 6.54 Å². The zero-order valence-corrected chi connectivity index (χ0v) is 20.2. The summed E-state index contributed by atoms with van der Waals surface area (Å²) in [5.74, 6) is 0.596. The van der Waals surface area contributed by atoms with E-state index in [1.807, 2.05) is 0 Å². The number of unbranched alkanes of at least 4 members (excludes halogenated alkanes) is 2. The molecule has 0 aliphatic rings. The Bertz CT molecular complexity index is 886. The first-order valence-corrected chi connectivity index (χ1v) is 11.3. The van der Waals surface area contributed by atoms with Crippen LogP contribution in [0, 0.1) is 0 Å². The molecule has 0 radical (unpaired) electrons. The average Bonchev–Trinajstić information content (AvgIpc) is 2.76. The molecule has 2 aromatic carbocycles. The predicted octanol–water partition coefficient (Wildman–Crippen LogP) is 5.38. The topological polar surface area (TPSA) is 85.3 Å². The summed E-state index contributed by atoms with van der Waals surface area (Å²) >= 11 is 0. The standard InChI is InChI=1S/C26H35NO6/c1-6-7-8-17-31-21-13-11-20(12-14-21)24(29)32-22-15-9-19(10-16-22)23(28)18-27(5)25(30)33-26(2,3)4/h9-16,23,28H,6-8,17-18H2,1-5H3. The van der Waals surface area contributed by atoms with E-state index in [4.69, 9.17) is 14.2 Å². The van der Waals surface area contributed by atoms with Crippen molar-refractivity contribution in [1.82, 2.24) is 4.90 Å². The van der Waals surface area contributed by atoms with Crippen LogP contribution in [0.1, 0.15) is 69.0 Å². The van der Waals surface area contributed by atoms with Crippen LogP contribution in [0.2, 0.25) is 0 Å². The van der Waals surface area contributed by atoms with Crippen molar-refractivity contribution in [3.8, 4) is 11.5 Å². The molecule has 0 aliphatic carbocycles. The fraction of sp³-hybridized carbons (Fsp3) is 0.462. The van der Waals surface area contributed by atoms with Gasteiger partial charge in [0.25, 0.3) is 0 Å². The molecule has 0 spiro atoms. The molecular weight excluding hydrogens is 422 g/mol. The van der Waals surface area contributed by atoms with Crippen LogP contribution >= 0.6 is 0 Å². The first-order valence-electron chi connectivity index (χ1n) is 11.3. The van der Waals surface area contributed by atoms with Crippen LogP contribution < -0.4 is 9.47 Å². The largest absolute Gasteiger partial charge is 0.494 e. The number of ether oxygens (including phenoxy) is 3. The highest BCUT2D eigenvalue weighted by Gasteiger charge is 2.22. The number of likely N-dealkylation sites (N-methyl/N-ethyl adjacent to an activating group) is 1. The lowest BCUT2D eigenvalue weighted by atomic mass is 10.1. The summed E-state index contributed by atoms with van der Waals surface area (Å²) < 4.78 is 16.4. The highest BCUT2D eigenvalue weighted by atomic mass is 16.6. The van der Waals surface area contributed by atoms with Gasteiger partial charge in [-0.1, -0.05) is 31.9 Å². The molecule has 0 bridgehead atoms. The Hall–Kier alpha value is -3.06. The summed E-state index contributed by atoms with van der Waals surface area (Å²) in [5, 5.41) is 10.4. The Balaban J connectivity index is 1.88. The lowest BCUT2D eigenvalue weighted by molar-refractivity contribution is 0.0205. The van der Waals surface area contributed by atoms with Gasteiger partial charge in [0, 0.05) is 7.05 Å². The monoisotopic (exact) mass is 457 g/mol. The maximum atomic E-state index is 12.4. The van der Waals surface area contributed by atoms with Gasteiger partial charge in [0.05, 0.1) is 24.8 Å². The van der Waals surface area contributed by atoms with Crippen LogP contribution in [0.4, 0.5) is 4.79 Å². The van der Waals surface area contributed by atoms with Crippen molar-refractivity contribution in [1.29, 1.82) is 0 Å². The highest BCUT2D eigenvalue weighted by molar-refractivity contribution is 5.91. The third kappa shape index (κ3) is 9.14. The predicted molar refractivity (Wildman–Crippen MR) is 127 cm³/mol. The van der Waals surface area contributed by atoms with Gasteiger partial charge in [-0.3, -0.25) is 0 Å². The van der Waals surface area contributed by atoms with E-state index < -0.39 is 23.8 Å². The number of carbonyl (C=O) groups is 2. The number of benzene rings is 2. The van der Waals surface area contributed by atoms with Gasteiger partial charge in [0.15, 0.2) is 0 Å². The van der Waals surface area contributed by atoms with Crippen molar-refractivity contribution >= 4 is 12.1 Å². The minimum absolute atomic E-state index is 0.0703. The molecule has 0 aromatic heterocycles. The second-order valence-corrected chi connectivity index (χ2v) is 8.92. The van der Waals surface area contributed by atoms with Gasteiger partial charge >= 0.3 is 12.1 Å². The van der Waals surface area contributed by atoms with Crippen molar-refractivity contribution < 1.29 is 28.9 Å². The quantitative estimate of drug-likeness (QED) is 0.293. The number of aliphatic hydroxyl groups excluding tert-OH is 1. The number of rotatable bonds is 10. The molecule has 0 heterocycles. The Morgan fingerprint density at radius 3 is 2.15 bits per heavy atom. The third-order valence-corrected chi connectivity index (χ3v) is 4.73. The molecule has 0 saturated heterocycles. The smallest absolute Gasteiger partial charge is 0.410 e. The van der Waals surface area contributed by atoms with Gasteiger partial charge in [0.1, 0.15) is 17.1 Å². The first kappa shape index (κ1) is 26.2. The Morgan fingerprint density at radius 2 is 1.58 bits per heavy atom. The van der Waals surface area contributed by atoms with E-state index in [1.54, 1.807) is 76.3 Å². The normalized spacial score (nSPS) is 12.1. The Labute approximate surface area is 196 Å². The third-order valence-electron chi connectivity index (χ3n) is 4.73. The van der Waals surface area contributed by atoms with Gasteiger partial charge in [0.2, 0.25) is 0 Å². The second-order valence-electron chi connectivity index (χ2n) is 8.92. The van der Waals surface area contributed by atoms with Crippen molar-refractivity contribution in [3.63, 3.8) is 0 Å². The van der Waals surface area contributed by atoms with Crippen molar-refractivity contribution in [2.75, 3.05) is 20.2 Å². The molecule has 0 fully saturated rings. The van der Waals surface area contributed by atoms with Crippen LogP contribution in [0.15, 0.2) is 48.5 Å². The van der Waals surface area contributed by atoms with E-state index in [9.17, 15) is 14.7 Å². The zero-order chi connectivity index (χ0) is 24.4. The molecule has 1 N–H and O–H groups in total. The van der Waals surface area contributed by atoms with E-state index in [0.29, 0.717) is 23.5 Å². The lowest BCUT2D eigenvalue weighted by Crippen LogP contribution is -2.36. The minimum Gasteiger partial charge on any atom is -0.494 e. The average molecular weight is 458 g/mol. The number of nitrogens with zero attached hydrogens (tertiary/aromatic N) is 1. The van der Waals surface area contributed by atoms with Crippen molar-refractivity contribution in [2.24, 2.45) is 0 Å². The minimum atomic E-state index is -0.905. The van der Waals surface area contributed by atoms with Gasteiger partial charge in [-0.05, 0) is 69.2 Å². The second kappa shape index (κ2) is 12.3. The summed E-state index contributed by atoms with van der Waals surface area (Å²) in [6.45, 7) is 8.22. The number of hydrogen-bond donors (Lipinski definition) is 1. The molecule has 7 heteroatoms. The first-order chi connectivity index (χ1) is 15.6. The van der Waals surface area contributed by atoms with Crippen LogP contribution in [0.5, 0.6) is 11.5 Å². The molecule has 180 valence electrons. The number of esters is 1. The van der Waals surface area contributed by atoms with Gasteiger partial charge < -0.3 is 24.2 Å². The summed E-state index contributed by atoms with van der Waals surface area (Å²) in [4.78, 5) is 25.8. The number of amides is 1. The summed E-state index contributed by atoms with van der Waals surface area (Å²) in [7, 11) is 1.56. The maximum Gasteiger partial charge on any atom is 0.410 e. The number of hydrogen-bond acceptors (Lipinski definition) is 6. The molecule has 33 heavy (non-hydrogen) atoms. The SMILES string of the molecule is CCCCCOc1ccc(C(=O)Oc2ccc(C(O)CN(C)C(=O)OC(C)(C)C)cc2)cc1. The number of carbonyl (C=O) groups excluding carboxylic acids is 2. The molecular formula is C26H35NO6. The molecule has 0 saturated carbocycles. The fourth-order valence-corrected chi connectivity index (χ4v) is 2.93. The summed E-state index contributed by atoms with van der Waals surface area (Å²) in [6.07, 6.45) is 1.85. The van der Waals surface area contributed by atoms with Crippen LogP contribution in [0.25, 0.3) is 0 Å². The van der Waals surface area contributed by atoms with Crippen LogP contribution in [-0.2, 0) is 4.74 Å². The highest BCUT2D eigenvalue weighted by Crippen LogP contribution is 2.21. The van der Waals surface area contributed by atoms with Crippen LogP contribution in [0.3, 0.4) is 0 Å². The van der Waals surface area contributed by atoms with Crippen molar-refractivity contribution in [3.05, 3.63) is 59.7 Å². The molecule has 1 unspecified atom stereocenters. The van der Waals surface area contributed by atoms with Gasteiger partial charge in [-0.2, -0.15) is 0 Å². The summed E-state index contributed by atoms with van der Waals surface area (Å²) in [6, 6.07) is 13.4. The Morgan fingerprint density at radius 1 is 0.970 bits per heavy atom. The molecule has 2 rings (SSSR count). The maximum absolute atomic E-state index is 12.4. The molecule has 1 atom stereocenters. The summed E-state index contributed by atoms with van der Waals surface area (Å²) in [5.41, 5.74) is 0.401. The number of aliphatic hydroxyl groups is 1. The van der Waals surface area contributed by atoms with Crippen LogP contribution in [-0.4, -0.2) is 47.9 Å². The van der Waals surface area contributed by atoms with E-state index in [0.717, 1.165) is 25.0 Å². The molecule has 7 nitrogen and oxygen atoms in total. The molecule has 1 amide bonds. The van der Waals surface area contributed by atoms with Crippen molar-refractivity contribution in [2.45, 2.75) is 58.7 Å². The Kier molecular flexibility index (Phi) is 9.73. The van der Waals surface area contributed by atoms with Gasteiger partial charge in [-0.15, -0.1) is 0 Å². The fourth-order valence-electron chi connectivity index (χ4n) is 2.93. The zero-order valence-electron chi connectivity index (χ0n) is 20.2. The molecule has 0 aliphatic heterocycles. The van der Waals surface area contributed by atoms with E-state index in [2.05, 4.69) is 6.92 Å². The van der Waals surface area contributed by atoms with E-state index >= 15 is 0 Å². The van der Waals surface area contributed by atoms with E-state index in [1.165, 1.54) is 4.90 Å².